The van der Waals surface area contributed by atoms with E-state index in [1.165, 1.54) is 17.8 Å². The van der Waals surface area contributed by atoms with E-state index >= 15 is 0 Å². The standard InChI is InChI=1S/C23H25FN2O2/c1-2-28-22-15-17(6-11-21(22)27)16-26-14-4-13-25-12-3-5-20(25)23(26)18-7-9-19(24)10-8-18/h3,5-12,15,23,27H,2,4,13-14,16H2,1H3. The summed E-state index contributed by atoms with van der Waals surface area (Å²) in [4.78, 5) is 2.41. The fourth-order valence-electron chi connectivity index (χ4n) is 4.00. The number of nitrogens with zero attached hydrogens (tertiary/aromatic N) is 2. The molecule has 0 amide bonds. The first-order chi connectivity index (χ1) is 13.7. The summed E-state index contributed by atoms with van der Waals surface area (Å²) < 4.78 is 21.3. The summed E-state index contributed by atoms with van der Waals surface area (Å²) in [7, 11) is 0. The Morgan fingerprint density at radius 3 is 2.71 bits per heavy atom. The van der Waals surface area contributed by atoms with Crippen molar-refractivity contribution in [1.82, 2.24) is 9.47 Å². The van der Waals surface area contributed by atoms with Gasteiger partial charge in [-0.1, -0.05) is 18.2 Å². The quantitative estimate of drug-likeness (QED) is 0.696. The molecule has 146 valence electrons. The molecule has 1 unspecified atom stereocenters. The summed E-state index contributed by atoms with van der Waals surface area (Å²) in [5, 5.41) is 10.00. The van der Waals surface area contributed by atoms with Gasteiger partial charge in [0.25, 0.3) is 0 Å². The van der Waals surface area contributed by atoms with Gasteiger partial charge in [0.15, 0.2) is 11.5 Å². The molecule has 28 heavy (non-hydrogen) atoms. The first-order valence-electron chi connectivity index (χ1n) is 9.75. The van der Waals surface area contributed by atoms with Crippen LogP contribution in [0.1, 0.15) is 36.2 Å². The topological polar surface area (TPSA) is 37.6 Å². The van der Waals surface area contributed by atoms with Crippen LogP contribution in [0.5, 0.6) is 11.5 Å². The van der Waals surface area contributed by atoms with Gasteiger partial charge in [0.05, 0.1) is 12.6 Å². The SMILES string of the molecule is CCOc1cc(CN2CCCn3cccc3C2c2ccc(F)cc2)ccc1O. The van der Waals surface area contributed by atoms with Gasteiger partial charge in [0, 0.05) is 31.5 Å². The van der Waals surface area contributed by atoms with Crippen LogP contribution in [0.4, 0.5) is 4.39 Å². The highest BCUT2D eigenvalue weighted by molar-refractivity contribution is 5.42. The average molecular weight is 380 g/mol. The average Bonchev–Trinajstić information content (AvgIpc) is 3.07. The van der Waals surface area contributed by atoms with Gasteiger partial charge in [0.1, 0.15) is 5.82 Å². The molecule has 0 fully saturated rings. The first-order valence-corrected chi connectivity index (χ1v) is 9.75. The Balaban J connectivity index is 1.69. The molecule has 4 nitrogen and oxygen atoms in total. The van der Waals surface area contributed by atoms with Gasteiger partial charge in [-0.15, -0.1) is 0 Å². The number of aryl methyl sites for hydroxylation is 1. The van der Waals surface area contributed by atoms with Gasteiger partial charge >= 0.3 is 0 Å². The zero-order valence-electron chi connectivity index (χ0n) is 16.0. The van der Waals surface area contributed by atoms with E-state index in [2.05, 4.69) is 27.8 Å². The van der Waals surface area contributed by atoms with Crippen LogP contribution >= 0.6 is 0 Å². The highest BCUT2D eigenvalue weighted by Gasteiger charge is 2.27. The van der Waals surface area contributed by atoms with E-state index in [0.29, 0.717) is 18.9 Å². The number of hydrogen-bond donors (Lipinski definition) is 1. The number of ether oxygens (including phenoxy) is 1. The normalized spacial score (nSPS) is 17.1. The van der Waals surface area contributed by atoms with Gasteiger partial charge in [-0.05, 0) is 60.9 Å². The fraction of sp³-hybridized carbons (Fsp3) is 0.304. The Morgan fingerprint density at radius 2 is 1.93 bits per heavy atom. The van der Waals surface area contributed by atoms with Crippen molar-refractivity contribution in [2.24, 2.45) is 0 Å². The molecule has 0 bridgehead atoms. The molecule has 0 aliphatic carbocycles. The van der Waals surface area contributed by atoms with E-state index in [-0.39, 0.29) is 17.6 Å². The molecule has 0 spiro atoms. The molecule has 0 saturated carbocycles. The van der Waals surface area contributed by atoms with E-state index in [4.69, 9.17) is 4.74 Å². The van der Waals surface area contributed by atoms with Gasteiger partial charge in [-0.25, -0.2) is 4.39 Å². The zero-order valence-corrected chi connectivity index (χ0v) is 16.0. The number of halogens is 1. The molecule has 0 radical (unpaired) electrons. The number of phenolic OH excluding ortho intramolecular Hbond substituents is 1. The number of aromatic nitrogens is 1. The van der Waals surface area contributed by atoms with Crippen molar-refractivity contribution < 1.29 is 14.2 Å². The summed E-state index contributed by atoms with van der Waals surface area (Å²) in [6, 6.07) is 16.6. The second-order valence-electron chi connectivity index (χ2n) is 7.14. The molecule has 1 aliphatic heterocycles. The van der Waals surface area contributed by atoms with Crippen LogP contribution in [0.2, 0.25) is 0 Å². The summed E-state index contributed by atoms with van der Waals surface area (Å²) in [6.45, 7) is 5.02. The number of fused-ring (bicyclic) bond motifs is 1. The summed E-state index contributed by atoms with van der Waals surface area (Å²) in [5.74, 6) is 0.446. The lowest BCUT2D eigenvalue weighted by Crippen LogP contribution is -2.29. The van der Waals surface area contributed by atoms with E-state index in [1.54, 1.807) is 6.07 Å². The fourth-order valence-corrected chi connectivity index (χ4v) is 4.00. The van der Waals surface area contributed by atoms with Crippen molar-refractivity contribution in [3.05, 3.63) is 83.4 Å². The maximum Gasteiger partial charge on any atom is 0.161 e. The molecule has 0 saturated heterocycles. The van der Waals surface area contributed by atoms with Crippen LogP contribution in [-0.2, 0) is 13.1 Å². The molecule has 1 atom stereocenters. The summed E-state index contributed by atoms with van der Waals surface area (Å²) >= 11 is 0. The molecule has 1 aromatic heterocycles. The lowest BCUT2D eigenvalue weighted by atomic mass is 10.0. The second kappa shape index (κ2) is 8.07. The number of hydrogen-bond acceptors (Lipinski definition) is 3. The Morgan fingerprint density at radius 1 is 1.11 bits per heavy atom. The molecule has 4 rings (SSSR count). The third-order valence-electron chi connectivity index (χ3n) is 5.25. The first kappa shape index (κ1) is 18.6. The predicted molar refractivity (Wildman–Crippen MR) is 107 cm³/mol. The van der Waals surface area contributed by atoms with E-state index < -0.39 is 0 Å². The summed E-state index contributed by atoms with van der Waals surface area (Å²) in [5.41, 5.74) is 3.37. The van der Waals surface area contributed by atoms with Crippen LogP contribution in [0.15, 0.2) is 60.8 Å². The van der Waals surface area contributed by atoms with Crippen LogP contribution in [0.3, 0.4) is 0 Å². The number of benzene rings is 2. The Hall–Kier alpha value is -2.79. The minimum Gasteiger partial charge on any atom is -0.504 e. The number of aromatic hydroxyl groups is 1. The lowest BCUT2D eigenvalue weighted by Gasteiger charge is -2.31. The molecule has 1 aliphatic rings. The minimum absolute atomic E-state index is 0.0439. The van der Waals surface area contributed by atoms with Gasteiger partial charge in [-0.3, -0.25) is 4.90 Å². The highest BCUT2D eigenvalue weighted by atomic mass is 19.1. The van der Waals surface area contributed by atoms with Crippen molar-refractivity contribution in [3.8, 4) is 11.5 Å². The molecular formula is C23H25FN2O2. The highest BCUT2D eigenvalue weighted by Crippen LogP contribution is 2.34. The lowest BCUT2D eigenvalue weighted by molar-refractivity contribution is 0.219. The van der Waals surface area contributed by atoms with Gasteiger partial charge in [0.2, 0.25) is 0 Å². The molecular weight excluding hydrogens is 355 g/mol. The van der Waals surface area contributed by atoms with Crippen molar-refractivity contribution in [3.63, 3.8) is 0 Å². The third kappa shape index (κ3) is 3.76. The smallest absolute Gasteiger partial charge is 0.161 e. The van der Waals surface area contributed by atoms with E-state index in [0.717, 1.165) is 30.6 Å². The largest absolute Gasteiger partial charge is 0.504 e. The van der Waals surface area contributed by atoms with E-state index in [9.17, 15) is 9.50 Å². The summed E-state index contributed by atoms with van der Waals surface area (Å²) in [6.07, 6.45) is 3.15. The predicted octanol–water partition coefficient (Wildman–Crippen LogP) is 4.73. The molecule has 5 heteroatoms. The molecule has 2 aromatic carbocycles. The van der Waals surface area contributed by atoms with Crippen molar-refractivity contribution in [2.45, 2.75) is 32.5 Å². The van der Waals surface area contributed by atoms with Crippen LogP contribution in [0.25, 0.3) is 0 Å². The molecule has 3 aromatic rings. The van der Waals surface area contributed by atoms with Gasteiger partial charge in [-0.2, -0.15) is 0 Å². The Labute approximate surface area is 164 Å². The zero-order chi connectivity index (χ0) is 19.5. The maximum atomic E-state index is 13.5. The second-order valence-corrected chi connectivity index (χ2v) is 7.14. The van der Waals surface area contributed by atoms with Crippen LogP contribution in [-0.4, -0.2) is 27.7 Å². The van der Waals surface area contributed by atoms with Gasteiger partial charge < -0.3 is 14.4 Å². The van der Waals surface area contributed by atoms with Crippen LogP contribution in [0, 0.1) is 5.82 Å². The maximum absolute atomic E-state index is 13.5. The monoisotopic (exact) mass is 380 g/mol. The van der Waals surface area contributed by atoms with E-state index in [1.807, 2.05) is 31.2 Å². The Kier molecular flexibility index (Phi) is 5.35. The number of rotatable bonds is 5. The minimum atomic E-state index is -0.223. The number of phenols is 1. The van der Waals surface area contributed by atoms with Crippen molar-refractivity contribution in [1.29, 1.82) is 0 Å². The van der Waals surface area contributed by atoms with Crippen LogP contribution < -0.4 is 4.74 Å². The molecule has 2 heterocycles. The van der Waals surface area contributed by atoms with Crippen molar-refractivity contribution in [2.75, 3.05) is 13.2 Å². The Bertz CT molecular complexity index is 936. The van der Waals surface area contributed by atoms with Crippen molar-refractivity contribution >= 4 is 0 Å². The third-order valence-corrected chi connectivity index (χ3v) is 5.25. The molecule has 1 N–H and O–H groups in total.